The van der Waals surface area contributed by atoms with Crippen LogP contribution in [0.1, 0.15) is 20.8 Å². The highest BCUT2D eigenvalue weighted by atomic mass is 32.2. The van der Waals surface area contributed by atoms with Gasteiger partial charge in [-0.15, -0.1) is 0 Å². The van der Waals surface area contributed by atoms with E-state index in [1.807, 2.05) is 6.92 Å². The maximum atomic E-state index is 12.1. The third-order valence-corrected chi connectivity index (χ3v) is 3.92. The molecule has 7 heteroatoms. The van der Waals surface area contributed by atoms with Gasteiger partial charge in [-0.05, 0) is 20.8 Å². The van der Waals surface area contributed by atoms with Crippen molar-refractivity contribution in [3.63, 3.8) is 0 Å². The van der Waals surface area contributed by atoms with E-state index in [2.05, 4.69) is 0 Å². The molecule has 0 aromatic heterocycles. The van der Waals surface area contributed by atoms with Crippen LogP contribution in [-0.4, -0.2) is 67.2 Å². The molecular weight excluding hydrogens is 256 g/mol. The minimum atomic E-state index is -3.38. The number of piperazine rings is 1. The fourth-order valence-electron chi connectivity index (χ4n) is 2.14. The van der Waals surface area contributed by atoms with Crippen LogP contribution in [0, 0.1) is 0 Å². The molecule has 0 radical (unpaired) electrons. The van der Waals surface area contributed by atoms with Gasteiger partial charge in [0.05, 0.1) is 0 Å². The molecule has 0 unspecified atom stereocenters. The molecule has 0 aromatic carbocycles. The normalized spacial score (nSPS) is 20.1. The van der Waals surface area contributed by atoms with Crippen LogP contribution in [0.3, 0.4) is 0 Å². The van der Waals surface area contributed by atoms with Gasteiger partial charge < -0.3 is 9.80 Å². The number of sulfone groups is 1. The van der Waals surface area contributed by atoms with Crippen molar-refractivity contribution in [3.8, 4) is 0 Å². The van der Waals surface area contributed by atoms with Crippen molar-refractivity contribution in [2.75, 3.05) is 31.6 Å². The molecule has 1 saturated heterocycles. The summed E-state index contributed by atoms with van der Waals surface area (Å²) in [5, 5.41) is 0. The molecule has 104 valence electrons. The molecule has 2 amide bonds. The highest BCUT2D eigenvalue weighted by Gasteiger charge is 2.43. The number of nitrogens with zero attached hydrogens (tertiary/aromatic N) is 2. The third-order valence-electron chi connectivity index (χ3n) is 3.15. The molecule has 0 aliphatic carbocycles. The Bertz CT molecular complexity index is 456. The summed E-state index contributed by atoms with van der Waals surface area (Å²) >= 11 is 0. The quantitative estimate of drug-likeness (QED) is 0.696. The monoisotopic (exact) mass is 276 g/mol. The average Bonchev–Trinajstić information content (AvgIpc) is 2.19. The van der Waals surface area contributed by atoms with Crippen LogP contribution in [0.15, 0.2) is 0 Å². The van der Waals surface area contributed by atoms with Crippen molar-refractivity contribution in [2.24, 2.45) is 0 Å². The van der Waals surface area contributed by atoms with Crippen LogP contribution in [0.2, 0.25) is 0 Å². The van der Waals surface area contributed by atoms with Gasteiger partial charge in [0, 0.05) is 25.9 Å². The molecule has 1 aliphatic heterocycles. The van der Waals surface area contributed by atoms with Crippen LogP contribution in [0.4, 0.5) is 0 Å². The number of amides is 2. The highest BCUT2D eigenvalue weighted by molar-refractivity contribution is 7.91. The Balaban J connectivity index is 2.92. The van der Waals surface area contributed by atoms with E-state index in [1.54, 1.807) is 18.7 Å². The zero-order valence-electron chi connectivity index (χ0n) is 11.3. The summed E-state index contributed by atoms with van der Waals surface area (Å²) < 4.78 is 22.3. The Morgan fingerprint density at radius 3 is 2.33 bits per heavy atom. The van der Waals surface area contributed by atoms with Crippen molar-refractivity contribution >= 4 is 21.7 Å². The molecule has 0 spiro atoms. The molecule has 6 nitrogen and oxygen atoms in total. The van der Waals surface area contributed by atoms with Crippen molar-refractivity contribution < 1.29 is 18.0 Å². The lowest BCUT2D eigenvalue weighted by molar-refractivity contribution is -0.157. The molecule has 0 N–H and O–H groups in total. The number of likely N-dealkylation sites (N-methyl/N-ethyl adjacent to an activating group) is 1. The van der Waals surface area contributed by atoms with E-state index in [0.717, 1.165) is 6.26 Å². The topological polar surface area (TPSA) is 74.8 Å². The molecule has 0 bridgehead atoms. The van der Waals surface area contributed by atoms with Crippen LogP contribution in [0.5, 0.6) is 0 Å². The van der Waals surface area contributed by atoms with E-state index in [-0.39, 0.29) is 5.91 Å². The minimum Gasteiger partial charge on any atom is -0.339 e. The number of hydrogen-bond acceptors (Lipinski definition) is 4. The van der Waals surface area contributed by atoms with Crippen LogP contribution in [0.25, 0.3) is 0 Å². The zero-order chi connectivity index (χ0) is 14.1. The van der Waals surface area contributed by atoms with Gasteiger partial charge in [-0.2, -0.15) is 0 Å². The second-order valence-corrected chi connectivity index (χ2v) is 7.20. The maximum Gasteiger partial charge on any atom is 0.248 e. The average molecular weight is 276 g/mol. The van der Waals surface area contributed by atoms with Gasteiger partial charge in [0.25, 0.3) is 0 Å². The fraction of sp³-hybridized carbons (Fsp3) is 0.818. The van der Waals surface area contributed by atoms with Gasteiger partial charge in [0.2, 0.25) is 11.8 Å². The lowest BCUT2D eigenvalue weighted by Crippen LogP contribution is -2.65. The molecule has 0 aromatic rings. The molecule has 18 heavy (non-hydrogen) atoms. The van der Waals surface area contributed by atoms with Gasteiger partial charge in [0.1, 0.15) is 11.3 Å². The molecule has 1 heterocycles. The van der Waals surface area contributed by atoms with E-state index >= 15 is 0 Å². The second-order valence-electron chi connectivity index (χ2n) is 5.06. The largest absolute Gasteiger partial charge is 0.339 e. The van der Waals surface area contributed by atoms with E-state index in [1.165, 1.54) is 4.90 Å². The summed E-state index contributed by atoms with van der Waals surface area (Å²) in [6.45, 7) is 6.60. The lowest BCUT2D eigenvalue weighted by Gasteiger charge is -2.45. The first-order valence-corrected chi connectivity index (χ1v) is 7.93. The predicted molar refractivity (Wildman–Crippen MR) is 67.8 cm³/mol. The molecule has 1 fully saturated rings. The Morgan fingerprint density at radius 2 is 1.89 bits per heavy atom. The van der Waals surface area contributed by atoms with Gasteiger partial charge in [-0.1, -0.05) is 0 Å². The molecule has 0 atom stereocenters. The first kappa shape index (κ1) is 14.9. The van der Waals surface area contributed by atoms with Crippen molar-refractivity contribution in [1.29, 1.82) is 0 Å². The van der Waals surface area contributed by atoms with Gasteiger partial charge in [-0.25, -0.2) is 8.42 Å². The SMILES string of the molecule is CCN1CCN(C(=O)CS(C)(=O)=O)C(C)(C)C1=O. The number of rotatable bonds is 3. The second kappa shape index (κ2) is 4.87. The van der Waals surface area contributed by atoms with Crippen molar-refractivity contribution in [3.05, 3.63) is 0 Å². The summed E-state index contributed by atoms with van der Waals surface area (Å²) in [5.41, 5.74) is -0.976. The Labute approximate surface area is 108 Å². The van der Waals surface area contributed by atoms with E-state index in [0.29, 0.717) is 19.6 Å². The predicted octanol–water partition coefficient (Wildman–Crippen LogP) is -0.500. The summed E-state index contributed by atoms with van der Waals surface area (Å²) in [4.78, 5) is 27.1. The Hall–Kier alpha value is -1.11. The summed E-state index contributed by atoms with van der Waals surface area (Å²) in [7, 11) is -3.38. The molecule has 1 rings (SSSR count). The van der Waals surface area contributed by atoms with Gasteiger partial charge >= 0.3 is 0 Å². The van der Waals surface area contributed by atoms with E-state index in [9.17, 15) is 18.0 Å². The van der Waals surface area contributed by atoms with Crippen LogP contribution >= 0.6 is 0 Å². The summed E-state index contributed by atoms with van der Waals surface area (Å²) in [5.74, 6) is -1.19. The molecular formula is C11H20N2O4S. The lowest BCUT2D eigenvalue weighted by atomic mass is 9.97. The highest BCUT2D eigenvalue weighted by Crippen LogP contribution is 2.22. The number of hydrogen-bond donors (Lipinski definition) is 0. The van der Waals surface area contributed by atoms with E-state index < -0.39 is 27.0 Å². The Morgan fingerprint density at radius 1 is 1.33 bits per heavy atom. The maximum absolute atomic E-state index is 12.1. The number of carbonyl (C=O) groups is 2. The van der Waals surface area contributed by atoms with Crippen molar-refractivity contribution in [1.82, 2.24) is 9.80 Å². The minimum absolute atomic E-state index is 0.141. The van der Waals surface area contributed by atoms with Crippen molar-refractivity contribution in [2.45, 2.75) is 26.3 Å². The third kappa shape index (κ3) is 3.01. The summed E-state index contributed by atoms with van der Waals surface area (Å²) in [6, 6.07) is 0. The van der Waals surface area contributed by atoms with Gasteiger partial charge in [-0.3, -0.25) is 9.59 Å². The molecule has 0 saturated carbocycles. The first-order valence-electron chi connectivity index (χ1n) is 5.87. The molecule has 1 aliphatic rings. The Kier molecular flexibility index (Phi) is 4.05. The smallest absolute Gasteiger partial charge is 0.248 e. The standard InChI is InChI=1S/C11H20N2O4S/c1-5-12-6-7-13(11(2,3)10(12)15)9(14)8-18(4,16)17/h5-8H2,1-4H3. The summed E-state index contributed by atoms with van der Waals surface area (Å²) in [6.07, 6.45) is 1.02. The van der Waals surface area contributed by atoms with E-state index in [4.69, 9.17) is 0 Å². The van der Waals surface area contributed by atoms with Crippen LogP contribution in [-0.2, 0) is 19.4 Å². The number of carbonyl (C=O) groups excluding carboxylic acids is 2. The van der Waals surface area contributed by atoms with Gasteiger partial charge in [0.15, 0.2) is 9.84 Å². The zero-order valence-corrected chi connectivity index (χ0v) is 12.1. The first-order chi connectivity index (χ1) is 8.09. The fourth-order valence-corrected chi connectivity index (χ4v) is 2.75. The van der Waals surface area contributed by atoms with Crippen LogP contribution < -0.4 is 0 Å².